The van der Waals surface area contributed by atoms with Crippen LogP contribution in [0.3, 0.4) is 0 Å². The van der Waals surface area contributed by atoms with Gasteiger partial charge in [0.1, 0.15) is 0 Å². The number of nitrogens with zero attached hydrogens (tertiary/aromatic N) is 1. The highest BCUT2D eigenvalue weighted by Crippen LogP contribution is 2.54. The van der Waals surface area contributed by atoms with Crippen LogP contribution < -0.4 is 4.90 Å². The molecule has 2 fully saturated rings. The van der Waals surface area contributed by atoms with Crippen LogP contribution in [0, 0.1) is 11.8 Å². The van der Waals surface area contributed by atoms with Crippen LogP contribution in [0.5, 0.6) is 0 Å². The molecule has 0 aromatic heterocycles. The highest BCUT2D eigenvalue weighted by Gasteiger charge is 2.72. The summed E-state index contributed by atoms with van der Waals surface area (Å²) in [5, 5.41) is 0. The largest absolute Gasteiger partial charge is 0.422 e. The Balaban J connectivity index is 1.74. The quantitative estimate of drug-likeness (QED) is 0.306. The predicted octanol–water partition coefficient (Wildman–Crippen LogP) is 1.97. The monoisotopic (exact) mass is 439 g/mol. The summed E-state index contributed by atoms with van der Waals surface area (Å²) in [6.07, 6.45) is -4.36. The van der Waals surface area contributed by atoms with Crippen molar-refractivity contribution in [2.75, 3.05) is 4.90 Å². The lowest BCUT2D eigenvalue weighted by Crippen LogP contribution is -2.52. The van der Waals surface area contributed by atoms with Gasteiger partial charge >= 0.3 is 18.1 Å². The number of hydrogen-bond donors (Lipinski definition) is 0. The first-order valence-electron chi connectivity index (χ1n) is 9.22. The second kappa shape index (κ2) is 6.91. The minimum Gasteiger partial charge on any atom is -0.422 e. The van der Waals surface area contributed by atoms with Crippen LogP contribution in [-0.2, 0) is 39.6 Å². The summed E-state index contributed by atoms with van der Waals surface area (Å²) in [4.78, 5) is 50.1. The molecule has 0 saturated carbocycles. The fourth-order valence-corrected chi connectivity index (χ4v) is 4.29. The third-order valence-electron chi connectivity index (χ3n) is 5.42. The summed E-state index contributed by atoms with van der Waals surface area (Å²) in [5.74, 6) is -5.57. The zero-order chi connectivity index (χ0) is 22.7. The van der Waals surface area contributed by atoms with Crippen molar-refractivity contribution in [3.63, 3.8) is 0 Å². The second-order valence-electron chi connectivity index (χ2n) is 7.41. The molecule has 0 unspecified atom stereocenters. The van der Waals surface area contributed by atoms with E-state index < -0.39 is 65.3 Å². The zero-order valence-electron chi connectivity index (χ0n) is 16.2. The van der Waals surface area contributed by atoms with Crippen molar-refractivity contribution in [2.45, 2.75) is 38.0 Å². The molecule has 0 radical (unpaired) electrons. The number of benzene rings is 1. The van der Waals surface area contributed by atoms with Crippen LogP contribution in [-0.4, -0.2) is 41.7 Å². The minimum atomic E-state index is -4.67. The van der Waals surface area contributed by atoms with E-state index in [1.165, 1.54) is 18.2 Å². The van der Waals surface area contributed by atoms with E-state index in [0.29, 0.717) is 11.0 Å². The van der Waals surface area contributed by atoms with Gasteiger partial charge in [-0.1, -0.05) is 12.1 Å². The average molecular weight is 439 g/mol. The molecule has 2 saturated heterocycles. The smallest absolute Gasteiger partial charge is 0.416 e. The lowest BCUT2D eigenvalue weighted by molar-refractivity contribution is -0.226. The molecule has 2 bridgehead atoms. The maximum absolute atomic E-state index is 13.3. The van der Waals surface area contributed by atoms with E-state index in [-0.39, 0.29) is 5.69 Å². The molecular formula is C20H16F3NO7. The molecule has 31 heavy (non-hydrogen) atoms. The maximum atomic E-state index is 13.3. The number of amides is 2. The highest BCUT2D eigenvalue weighted by molar-refractivity contribution is 6.23. The molecular weight excluding hydrogens is 423 g/mol. The molecule has 11 heteroatoms. The normalized spacial score (nSPS) is 29.0. The molecule has 2 amide bonds. The summed E-state index contributed by atoms with van der Waals surface area (Å²) in [5.41, 5.74) is -3.03. The van der Waals surface area contributed by atoms with Gasteiger partial charge in [-0.15, -0.1) is 0 Å². The van der Waals surface area contributed by atoms with E-state index in [4.69, 9.17) is 14.2 Å². The highest BCUT2D eigenvalue weighted by atomic mass is 19.4. The summed E-state index contributed by atoms with van der Waals surface area (Å²) in [6.45, 7) is 2.12. The van der Waals surface area contributed by atoms with Crippen molar-refractivity contribution in [1.82, 2.24) is 0 Å². The Bertz CT molecular complexity index is 1000. The number of halogens is 3. The zero-order valence-corrected chi connectivity index (χ0v) is 16.2. The first-order chi connectivity index (χ1) is 14.5. The predicted molar refractivity (Wildman–Crippen MR) is 95.0 cm³/mol. The van der Waals surface area contributed by atoms with Crippen LogP contribution >= 0.6 is 0 Å². The summed E-state index contributed by atoms with van der Waals surface area (Å²) in [7, 11) is 0. The van der Waals surface area contributed by atoms with Gasteiger partial charge in [0.05, 0.1) is 29.2 Å². The standard InChI is InChI=1S/C20H16F3NO7/c1-9(25)29-18(30-10(2)26)19-7-6-13(31-19)14-15(19)17(28)24(16(14)27)12-5-3-4-11(8-12)20(21,22)23/h3-8,13-15,18H,1-2H3/t13-,14+,15-,19+/m1/s1. The van der Waals surface area contributed by atoms with Crippen molar-refractivity contribution in [2.24, 2.45) is 11.8 Å². The Kier molecular flexibility index (Phi) is 4.69. The molecule has 8 nitrogen and oxygen atoms in total. The molecule has 164 valence electrons. The number of esters is 2. The van der Waals surface area contributed by atoms with Gasteiger partial charge in [0.15, 0.2) is 5.60 Å². The molecule has 4 rings (SSSR count). The Morgan fingerprint density at radius 1 is 1.13 bits per heavy atom. The maximum Gasteiger partial charge on any atom is 0.416 e. The number of carbonyl (C=O) groups excluding carboxylic acids is 4. The van der Waals surface area contributed by atoms with E-state index in [1.54, 1.807) is 0 Å². The molecule has 3 aliphatic rings. The van der Waals surface area contributed by atoms with Crippen LogP contribution in [0.1, 0.15) is 19.4 Å². The molecule has 4 atom stereocenters. The van der Waals surface area contributed by atoms with E-state index in [1.807, 2.05) is 0 Å². The van der Waals surface area contributed by atoms with E-state index >= 15 is 0 Å². The van der Waals surface area contributed by atoms with Crippen molar-refractivity contribution >= 4 is 29.4 Å². The molecule has 3 aliphatic heterocycles. The summed E-state index contributed by atoms with van der Waals surface area (Å²) in [6, 6.07) is 3.83. The van der Waals surface area contributed by atoms with E-state index in [2.05, 4.69) is 0 Å². The number of ether oxygens (including phenoxy) is 3. The lowest BCUT2D eigenvalue weighted by Gasteiger charge is -2.34. The van der Waals surface area contributed by atoms with Gasteiger partial charge in [-0.05, 0) is 24.3 Å². The van der Waals surface area contributed by atoms with Crippen LogP contribution in [0.25, 0.3) is 0 Å². The third-order valence-corrected chi connectivity index (χ3v) is 5.42. The Hall–Kier alpha value is -3.21. The molecule has 0 N–H and O–H groups in total. The molecule has 1 aromatic carbocycles. The number of fused-ring (bicyclic) bond motifs is 5. The topological polar surface area (TPSA) is 99.2 Å². The fraction of sp³-hybridized carbons (Fsp3) is 0.400. The average Bonchev–Trinajstić information content (AvgIpc) is 3.31. The van der Waals surface area contributed by atoms with Gasteiger partial charge < -0.3 is 14.2 Å². The minimum absolute atomic E-state index is 0.245. The number of imide groups is 1. The molecule has 3 heterocycles. The number of rotatable bonds is 4. The Morgan fingerprint density at radius 3 is 2.35 bits per heavy atom. The summed E-state index contributed by atoms with van der Waals surface area (Å²) >= 11 is 0. The number of alkyl halides is 3. The molecule has 1 aromatic rings. The Morgan fingerprint density at radius 2 is 1.77 bits per heavy atom. The second-order valence-corrected chi connectivity index (χ2v) is 7.41. The van der Waals surface area contributed by atoms with Gasteiger partial charge in [-0.3, -0.25) is 19.2 Å². The number of carbonyl (C=O) groups is 4. The van der Waals surface area contributed by atoms with Gasteiger partial charge in [-0.2, -0.15) is 13.2 Å². The van der Waals surface area contributed by atoms with Gasteiger partial charge in [0.25, 0.3) is 6.29 Å². The van der Waals surface area contributed by atoms with Gasteiger partial charge in [-0.25, -0.2) is 4.90 Å². The summed E-state index contributed by atoms with van der Waals surface area (Å²) < 4.78 is 55.3. The van der Waals surface area contributed by atoms with Crippen molar-refractivity contribution in [1.29, 1.82) is 0 Å². The SMILES string of the molecule is CC(=O)OC(OC(C)=O)[C@@]12C=C[C@@H](O1)[C@@H]1C(=O)N(c3cccc(C(F)(F)F)c3)C(=O)[C@@H]12. The van der Waals surface area contributed by atoms with Crippen LogP contribution in [0.2, 0.25) is 0 Å². The van der Waals surface area contributed by atoms with Crippen molar-refractivity contribution in [3.8, 4) is 0 Å². The molecule has 0 aliphatic carbocycles. The van der Waals surface area contributed by atoms with Crippen molar-refractivity contribution < 1.29 is 46.6 Å². The number of hydrogen-bond acceptors (Lipinski definition) is 7. The number of anilines is 1. The van der Waals surface area contributed by atoms with Crippen LogP contribution in [0.15, 0.2) is 36.4 Å². The first-order valence-corrected chi connectivity index (χ1v) is 9.22. The lowest BCUT2D eigenvalue weighted by atomic mass is 9.76. The van der Waals surface area contributed by atoms with E-state index in [0.717, 1.165) is 26.0 Å². The first kappa shape index (κ1) is 21.0. The van der Waals surface area contributed by atoms with Crippen molar-refractivity contribution in [3.05, 3.63) is 42.0 Å². The van der Waals surface area contributed by atoms with Gasteiger partial charge in [0, 0.05) is 13.8 Å². The van der Waals surface area contributed by atoms with Crippen LogP contribution in [0.4, 0.5) is 18.9 Å². The third kappa shape index (κ3) is 3.19. The fourth-order valence-electron chi connectivity index (χ4n) is 4.29. The van der Waals surface area contributed by atoms with E-state index in [9.17, 15) is 32.3 Å². The molecule has 0 spiro atoms. The Labute approximate surface area is 173 Å². The van der Waals surface area contributed by atoms with Gasteiger partial charge in [0.2, 0.25) is 11.8 Å².